The standard InChI is InChI=1S/C20H25NO4/c1-12-8-16(22)13(2)7-14(12)9-21-10-15-18(24-3)5-6-19(25-4)20(15)17(23)11-21/h5-8,17,22-23H,9-11H2,1-4H3/t17-/m0/s1. The number of phenols is 1. The molecule has 1 atom stereocenters. The largest absolute Gasteiger partial charge is 0.508 e. The Morgan fingerprint density at radius 2 is 1.76 bits per heavy atom. The summed E-state index contributed by atoms with van der Waals surface area (Å²) in [7, 11) is 3.25. The fraction of sp³-hybridized carbons (Fsp3) is 0.400. The molecule has 0 saturated heterocycles. The predicted octanol–water partition coefficient (Wildman–Crippen LogP) is 3.08. The van der Waals surface area contributed by atoms with Gasteiger partial charge in [0.2, 0.25) is 0 Å². The first kappa shape index (κ1) is 17.6. The van der Waals surface area contributed by atoms with Gasteiger partial charge >= 0.3 is 0 Å². The zero-order valence-electron chi connectivity index (χ0n) is 15.2. The van der Waals surface area contributed by atoms with E-state index < -0.39 is 6.10 Å². The number of β-amino-alcohol motifs (C(OH)–C–C–N with tert-alkyl or cyclic N) is 1. The van der Waals surface area contributed by atoms with Gasteiger partial charge < -0.3 is 19.7 Å². The Morgan fingerprint density at radius 3 is 2.44 bits per heavy atom. The molecule has 5 nitrogen and oxygen atoms in total. The van der Waals surface area contributed by atoms with Crippen molar-refractivity contribution < 1.29 is 19.7 Å². The molecule has 25 heavy (non-hydrogen) atoms. The molecule has 0 bridgehead atoms. The SMILES string of the molecule is COc1ccc(OC)c2c1CN(Cc1cc(C)c(O)cc1C)C[C@@H]2O. The number of nitrogens with zero attached hydrogens (tertiary/aromatic N) is 1. The molecule has 0 fully saturated rings. The molecule has 2 aromatic rings. The fourth-order valence-electron chi connectivity index (χ4n) is 3.54. The number of hydrogen-bond donors (Lipinski definition) is 2. The average molecular weight is 343 g/mol. The number of aryl methyl sites for hydroxylation is 2. The monoisotopic (exact) mass is 343 g/mol. The Morgan fingerprint density at radius 1 is 1.08 bits per heavy atom. The molecule has 5 heteroatoms. The third kappa shape index (κ3) is 3.30. The summed E-state index contributed by atoms with van der Waals surface area (Å²) < 4.78 is 10.9. The molecule has 0 aromatic heterocycles. The van der Waals surface area contributed by atoms with Gasteiger partial charge in [-0.1, -0.05) is 6.07 Å². The highest BCUT2D eigenvalue weighted by Gasteiger charge is 2.29. The van der Waals surface area contributed by atoms with E-state index in [4.69, 9.17) is 9.47 Å². The zero-order chi connectivity index (χ0) is 18.1. The van der Waals surface area contributed by atoms with Crippen LogP contribution >= 0.6 is 0 Å². The van der Waals surface area contributed by atoms with Crippen LogP contribution in [0.4, 0.5) is 0 Å². The number of rotatable bonds is 4. The van der Waals surface area contributed by atoms with Crippen LogP contribution in [0.1, 0.15) is 33.9 Å². The van der Waals surface area contributed by atoms with Crippen molar-refractivity contribution in [1.29, 1.82) is 0 Å². The van der Waals surface area contributed by atoms with Crippen molar-refractivity contribution in [2.45, 2.75) is 33.0 Å². The fourth-order valence-corrected chi connectivity index (χ4v) is 3.54. The highest BCUT2D eigenvalue weighted by Crippen LogP contribution is 2.39. The van der Waals surface area contributed by atoms with Gasteiger partial charge in [0.1, 0.15) is 17.2 Å². The predicted molar refractivity (Wildman–Crippen MR) is 96.2 cm³/mol. The van der Waals surface area contributed by atoms with Crippen molar-refractivity contribution in [3.63, 3.8) is 0 Å². The van der Waals surface area contributed by atoms with Gasteiger partial charge in [-0.25, -0.2) is 0 Å². The van der Waals surface area contributed by atoms with Crippen molar-refractivity contribution in [1.82, 2.24) is 4.90 Å². The number of aliphatic hydroxyl groups is 1. The molecule has 1 heterocycles. The van der Waals surface area contributed by atoms with E-state index in [1.807, 2.05) is 32.0 Å². The van der Waals surface area contributed by atoms with E-state index in [2.05, 4.69) is 4.90 Å². The molecule has 3 rings (SSSR count). The van der Waals surface area contributed by atoms with Gasteiger partial charge in [-0.05, 0) is 48.7 Å². The van der Waals surface area contributed by atoms with Crippen molar-refractivity contribution in [3.8, 4) is 17.2 Å². The second-order valence-electron chi connectivity index (χ2n) is 6.61. The van der Waals surface area contributed by atoms with Gasteiger partial charge in [-0.3, -0.25) is 4.90 Å². The Balaban J connectivity index is 1.92. The lowest BCUT2D eigenvalue weighted by atomic mass is 9.94. The molecule has 0 aliphatic carbocycles. The minimum atomic E-state index is -0.632. The second kappa shape index (κ2) is 6.94. The summed E-state index contributed by atoms with van der Waals surface area (Å²) in [6.45, 7) is 5.78. The minimum absolute atomic E-state index is 0.316. The average Bonchev–Trinajstić information content (AvgIpc) is 2.58. The number of benzene rings is 2. The minimum Gasteiger partial charge on any atom is -0.508 e. The molecule has 2 aromatic carbocycles. The van der Waals surface area contributed by atoms with Crippen LogP contribution in [0.15, 0.2) is 24.3 Å². The molecule has 0 unspecified atom stereocenters. The molecule has 0 radical (unpaired) electrons. The van der Waals surface area contributed by atoms with Gasteiger partial charge in [0.25, 0.3) is 0 Å². The second-order valence-corrected chi connectivity index (χ2v) is 6.61. The molecule has 0 saturated carbocycles. The van der Waals surface area contributed by atoms with Gasteiger partial charge in [0, 0.05) is 30.8 Å². The normalized spacial score (nSPS) is 17.2. The summed E-state index contributed by atoms with van der Waals surface area (Å²) in [6, 6.07) is 7.52. The molecule has 0 amide bonds. The first-order valence-electron chi connectivity index (χ1n) is 8.37. The van der Waals surface area contributed by atoms with Crippen LogP contribution in [0, 0.1) is 13.8 Å². The molecule has 1 aliphatic heterocycles. The van der Waals surface area contributed by atoms with E-state index >= 15 is 0 Å². The van der Waals surface area contributed by atoms with E-state index in [0.717, 1.165) is 33.6 Å². The summed E-state index contributed by atoms with van der Waals surface area (Å²) in [4.78, 5) is 2.19. The van der Waals surface area contributed by atoms with E-state index in [9.17, 15) is 10.2 Å². The maximum atomic E-state index is 10.7. The lowest BCUT2D eigenvalue weighted by Gasteiger charge is -2.34. The molecular weight excluding hydrogens is 318 g/mol. The molecule has 134 valence electrons. The quantitative estimate of drug-likeness (QED) is 0.893. The summed E-state index contributed by atoms with van der Waals surface area (Å²) in [5, 5.41) is 20.5. The zero-order valence-corrected chi connectivity index (χ0v) is 15.2. The topological polar surface area (TPSA) is 62.2 Å². The molecule has 1 aliphatic rings. The van der Waals surface area contributed by atoms with Crippen LogP contribution in [0.25, 0.3) is 0 Å². The highest BCUT2D eigenvalue weighted by atomic mass is 16.5. The van der Waals surface area contributed by atoms with E-state index in [1.54, 1.807) is 20.3 Å². The molecule has 0 spiro atoms. The van der Waals surface area contributed by atoms with Gasteiger partial charge in [-0.15, -0.1) is 0 Å². The Labute approximate surface area is 148 Å². The molecular formula is C20H25NO4. The van der Waals surface area contributed by atoms with Crippen molar-refractivity contribution in [3.05, 3.63) is 52.1 Å². The highest BCUT2D eigenvalue weighted by molar-refractivity contribution is 5.51. The van der Waals surface area contributed by atoms with Crippen LogP contribution in [-0.4, -0.2) is 35.9 Å². The summed E-state index contributed by atoms with van der Waals surface area (Å²) in [6.07, 6.45) is -0.632. The smallest absolute Gasteiger partial charge is 0.125 e. The first-order chi connectivity index (χ1) is 11.9. The van der Waals surface area contributed by atoms with Crippen molar-refractivity contribution in [2.24, 2.45) is 0 Å². The summed E-state index contributed by atoms with van der Waals surface area (Å²) in [5.41, 5.74) is 4.83. The Hall–Kier alpha value is -2.24. The summed E-state index contributed by atoms with van der Waals surface area (Å²) >= 11 is 0. The van der Waals surface area contributed by atoms with Crippen LogP contribution in [-0.2, 0) is 13.1 Å². The number of aromatic hydroxyl groups is 1. The van der Waals surface area contributed by atoms with Gasteiger partial charge in [0.05, 0.1) is 20.3 Å². The van der Waals surface area contributed by atoms with Gasteiger partial charge in [-0.2, -0.15) is 0 Å². The van der Waals surface area contributed by atoms with Gasteiger partial charge in [0.15, 0.2) is 0 Å². The third-order valence-corrected chi connectivity index (χ3v) is 4.91. The molecule has 2 N–H and O–H groups in total. The van der Waals surface area contributed by atoms with Crippen LogP contribution in [0.2, 0.25) is 0 Å². The maximum absolute atomic E-state index is 10.7. The third-order valence-electron chi connectivity index (χ3n) is 4.91. The van der Waals surface area contributed by atoms with Crippen LogP contribution in [0.3, 0.4) is 0 Å². The summed E-state index contributed by atoms with van der Waals surface area (Å²) in [5.74, 6) is 1.77. The van der Waals surface area contributed by atoms with Crippen LogP contribution in [0.5, 0.6) is 17.2 Å². The lowest BCUT2D eigenvalue weighted by molar-refractivity contribution is 0.0842. The number of fused-ring (bicyclic) bond motifs is 1. The number of phenolic OH excluding ortho intramolecular Hbond substituents is 1. The Kier molecular flexibility index (Phi) is 4.88. The van der Waals surface area contributed by atoms with Crippen molar-refractivity contribution >= 4 is 0 Å². The van der Waals surface area contributed by atoms with E-state index in [1.165, 1.54) is 0 Å². The lowest BCUT2D eigenvalue weighted by Crippen LogP contribution is -2.34. The first-order valence-corrected chi connectivity index (χ1v) is 8.37. The van der Waals surface area contributed by atoms with Crippen molar-refractivity contribution in [2.75, 3.05) is 20.8 Å². The van der Waals surface area contributed by atoms with E-state index in [0.29, 0.717) is 31.1 Å². The van der Waals surface area contributed by atoms with Crippen LogP contribution < -0.4 is 9.47 Å². The number of aliphatic hydroxyl groups excluding tert-OH is 1. The van der Waals surface area contributed by atoms with E-state index in [-0.39, 0.29) is 0 Å². The number of ether oxygens (including phenoxy) is 2. The number of methoxy groups -OCH3 is 2. The number of hydrogen-bond acceptors (Lipinski definition) is 5. The maximum Gasteiger partial charge on any atom is 0.125 e. The Bertz CT molecular complexity index is 788.